The quantitative estimate of drug-likeness (QED) is 0.126. The number of anilines is 2. The van der Waals surface area contributed by atoms with Gasteiger partial charge in [-0.15, -0.1) is 0 Å². The van der Waals surface area contributed by atoms with E-state index in [1.54, 1.807) is 0 Å². The number of carboxylic acids is 2. The highest BCUT2D eigenvalue weighted by Crippen LogP contribution is 2.30. The smallest absolute Gasteiger partial charge is 0.357 e. The van der Waals surface area contributed by atoms with Crippen LogP contribution in [0.4, 0.5) is 11.4 Å². The highest BCUT2D eigenvalue weighted by Gasteiger charge is 2.39. The fraction of sp³-hybridized carbons (Fsp3) is 0.0400. The summed E-state index contributed by atoms with van der Waals surface area (Å²) >= 11 is 0. The summed E-state index contributed by atoms with van der Waals surface area (Å²) in [4.78, 5) is 35.2. The number of carbonyl (C=O) groups excluding carboxylic acids is 1. The summed E-state index contributed by atoms with van der Waals surface area (Å²) in [6.07, 6.45) is 6.98. The van der Waals surface area contributed by atoms with E-state index in [-0.39, 0.29) is 16.9 Å². The first-order valence-electron chi connectivity index (χ1n) is 11.6. The average molecular weight is 633 g/mol. The molecule has 2 aliphatic rings. The maximum absolute atomic E-state index is 12.9. The second-order valence-corrected chi connectivity index (χ2v) is 11.6. The summed E-state index contributed by atoms with van der Waals surface area (Å²) < 4.78 is 63.4. The molecule has 0 aromatic heterocycles. The lowest BCUT2D eigenvalue weighted by Crippen LogP contribution is -2.48. The summed E-state index contributed by atoms with van der Waals surface area (Å²) in [5, 5.41) is 35.5. The van der Waals surface area contributed by atoms with Crippen LogP contribution >= 0.6 is 0 Å². The van der Waals surface area contributed by atoms with Crippen LogP contribution in [0.15, 0.2) is 111 Å². The van der Waals surface area contributed by atoms with Crippen LogP contribution in [0.5, 0.6) is 0 Å². The molecule has 6 N–H and O–H groups in total. The SMILES string of the molecule is O=C(O)C1=CC(O)(C=CC=CC=C2C(=O)N(c3ccc(S(=O)(=O)O)cc3)N=C2C(=O)O)N(c2ccc(S(=O)(=O)O)cc2)N1. The van der Waals surface area contributed by atoms with Gasteiger partial charge in [0.25, 0.3) is 26.1 Å². The lowest BCUT2D eigenvalue weighted by Gasteiger charge is -2.32. The minimum atomic E-state index is -4.50. The largest absolute Gasteiger partial charge is 0.477 e. The zero-order chi connectivity index (χ0) is 31.7. The minimum absolute atomic E-state index is 0.0186. The molecule has 1 amide bonds. The van der Waals surface area contributed by atoms with E-state index in [1.807, 2.05) is 0 Å². The van der Waals surface area contributed by atoms with E-state index in [4.69, 9.17) is 4.55 Å². The van der Waals surface area contributed by atoms with E-state index in [2.05, 4.69) is 10.5 Å². The third-order valence-corrected chi connectivity index (χ3v) is 7.59. The van der Waals surface area contributed by atoms with E-state index in [9.17, 15) is 51.1 Å². The Morgan fingerprint density at radius 1 is 0.814 bits per heavy atom. The van der Waals surface area contributed by atoms with Crippen molar-refractivity contribution < 1.29 is 55.6 Å². The molecule has 0 bridgehead atoms. The molecule has 2 heterocycles. The van der Waals surface area contributed by atoms with Gasteiger partial charge in [0.15, 0.2) is 11.4 Å². The molecule has 1 unspecified atom stereocenters. The predicted octanol–water partition coefficient (Wildman–Crippen LogP) is 0.688. The second kappa shape index (κ2) is 11.3. The van der Waals surface area contributed by atoms with Crippen LogP contribution < -0.4 is 15.4 Å². The van der Waals surface area contributed by atoms with Crippen LogP contribution in [0.25, 0.3) is 0 Å². The maximum Gasteiger partial charge on any atom is 0.357 e. The zero-order valence-electron chi connectivity index (χ0n) is 21.3. The Morgan fingerprint density at radius 3 is 1.84 bits per heavy atom. The molecule has 0 saturated heterocycles. The third kappa shape index (κ3) is 6.52. The van der Waals surface area contributed by atoms with Gasteiger partial charge in [0.1, 0.15) is 5.70 Å². The molecule has 0 aliphatic carbocycles. The van der Waals surface area contributed by atoms with Gasteiger partial charge in [0, 0.05) is 6.08 Å². The van der Waals surface area contributed by atoms with Crippen molar-refractivity contribution in [2.45, 2.75) is 15.5 Å². The molecule has 16 nitrogen and oxygen atoms in total. The molecule has 4 rings (SSSR count). The van der Waals surface area contributed by atoms with Gasteiger partial charge in [-0.05, 0) is 60.7 Å². The van der Waals surface area contributed by atoms with Crippen molar-refractivity contribution in [1.29, 1.82) is 0 Å². The van der Waals surface area contributed by atoms with Crippen molar-refractivity contribution in [3.05, 3.63) is 96.3 Å². The first-order valence-corrected chi connectivity index (χ1v) is 14.5. The number of hydrogen-bond donors (Lipinski definition) is 6. The number of benzene rings is 2. The van der Waals surface area contributed by atoms with Crippen molar-refractivity contribution in [1.82, 2.24) is 5.43 Å². The Bertz CT molecular complexity index is 1880. The number of carbonyl (C=O) groups is 3. The lowest BCUT2D eigenvalue weighted by atomic mass is 10.1. The summed E-state index contributed by atoms with van der Waals surface area (Å²) in [6, 6.07) is 8.76. The number of nitrogens with zero attached hydrogens (tertiary/aromatic N) is 3. The average Bonchev–Trinajstić information content (AvgIpc) is 3.45. The number of amides is 1. The Labute approximate surface area is 242 Å². The van der Waals surface area contributed by atoms with Crippen LogP contribution in [0.1, 0.15) is 0 Å². The molecule has 2 aromatic rings. The number of carboxylic acid groups (broad SMARTS) is 2. The number of allylic oxidation sites excluding steroid dienone is 4. The Balaban J connectivity index is 1.57. The topological polar surface area (TPSA) is 252 Å². The molecule has 43 heavy (non-hydrogen) atoms. The van der Waals surface area contributed by atoms with Gasteiger partial charge >= 0.3 is 11.9 Å². The number of hydrazine groups is 1. The van der Waals surface area contributed by atoms with Crippen molar-refractivity contribution in [3.8, 4) is 0 Å². The molecule has 0 saturated carbocycles. The second-order valence-electron chi connectivity index (χ2n) is 8.73. The van der Waals surface area contributed by atoms with E-state index < -0.39 is 65.0 Å². The van der Waals surface area contributed by atoms with Crippen molar-refractivity contribution in [2.75, 3.05) is 10.0 Å². The van der Waals surface area contributed by atoms with Gasteiger partial charge in [0.05, 0.1) is 26.7 Å². The zero-order valence-corrected chi connectivity index (χ0v) is 23.0. The van der Waals surface area contributed by atoms with Gasteiger partial charge in [-0.1, -0.05) is 18.2 Å². The summed E-state index contributed by atoms with van der Waals surface area (Å²) in [5.41, 5.74) is -0.887. The molecule has 2 aliphatic heterocycles. The molecule has 224 valence electrons. The van der Waals surface area contributed by atoms with Gasteiger partial charge < -0.3 is 15.3 Å². The van der Waals surface area contributed by atoms with Gasteiger partial charge in [-0.25, -0.2) is 14.6 Å². The fourth-order valence-electron chi connectivity index (χ4n) is 3.86. The normalized spacial score (nSPS) is 20.2. The van der Waals surface area contributed by atoms with E-state index in [1.165, 1.54) is 30.4 Å². The van der Waals surface area contributed by atoms with Crippen molar-refractivity contribution in [3.63, 3.8) is 0 Å². The highest BCUT2D eigenvalue weighted by molar-refractivity contribution is 7.86. The summed E-state index contributed by atoms with van der Waals surface area (Å²) in [5.74, 6) is -3.81. The van der Waals surface area contributed by atoms with Crippen LogP contribution in [-0.2, 0) is 34.6 Å². The Morgan fingerprint density at radius 2 is 1.35 bits per heavy atom. The monoisotopic (exact) mass is 632 g/mol. The minimum Gasteiger partial charge on any atom is -0.477 e. The molecule has 0 spiro atoms. The van der Waals surface area contributed by atoms with E-state index in [0.29, 0.717) is 0 Å². The number of aliphatic hydroxyl groups is 1. The third-order valence-electron chi connectivity index (χ3n) is 5.86. The molecule has 0 fully saturated rings. The Kier molecular flexibility index (Phi) is 8.07. The molecule has 0 radical (unpaired) electrons. The van der Waals surface area contributed by atoms with Gasteiger partial charge in [-0.2, -0.15) is 26.9 Å². The highest BCUT2D eigenvalue weighted by atomic mass is 32.2. The summed E-state index contributed by atoms with van der Waals surface area (Å²) in [6.45, 7) is 0. The van der Waals surface area contributed by atoms with E-state index >= 15 is 0 Å². The van der Waals surface area contributed by atoms with Crippen molar-refractivity contribution in [2.24, 2.45) is 5.10 Å². The van der Waals surface area contributed by atoms with Crippen LogP contribution in [0.2, 0.25) is 0 Å². The van der Waals surface area contributed by atoms with Crippen LogP contribution in [0, 0.1) is 0 Å². The first-order chi connectivity index (χ1) is 20.0. The predicted molar refractivity (Wildman–Crippen MR) is 148 cm³/mol. The standard InChI is InChI=1S/C25H20N4O12S2/c30-22-19(21(24(33)34)27-28(22)15-5-9-17(10-6-15)42(36,37)38)4-2-1-3-13-25(35)14-20(23(31)32)26-29(25)16-7-11-18(12-8-16)43(39,40)41/h1-14,26,35H,(H,31,32)(H,33,34)(H,36,37,38)(H,39,40,41). The number of rotatable bonds is 9. The molecule has 1 atom stereocenters. The first kappa shape index (κ1) is 30.8. The van der Waals surface area contributed by atoms with Gasteiger partial charge in [0.2, 0.25) is 0 Å². The molecular weight excluding hydrogens is 612 g/mol. The Hall–Kier alpha value is -5.14. The van der Waals surface area contributed by atoms with Crippen molar-refractivity contribution >= 4 is 55.2 Å². The van der Waals surface area contributed by atoms with Gasteiger partial charge in [-0.3, -0.25) is 19.3 Å². The number of nitrogens with one attached hydrogen (secondary N) is 1. The van der Waals surface area contributed by atoms with Crippen LogP contribution in [-0.4, -0.2) is 70.5 Å². The number of aliphatic carboxylic acids is 2. The number of hydrogen-bond acceptors (Lipinski definition) is 11. The van der Waals surface area contributed by atoms with Crippen LogP contribution in [0.3, 0.4) is 0 Å². The maximum atomic E-state index is 12.9. The molecule has 2 aromatic carbocycles. The fourth-order valence-corrected chi connectivity index (χ4v) is 4.82. The van der Waals surface area contributed by atoms with E-state index in [0.717, 1.165) is 64.6 Å². The lowest BCUT2D eigenvalue weighted by molar-refractivity contribution is -0.133. The molecular formula is C25H20N4O12S2. The molecule has 18 heteroatoms. The number of hydrazone groups is 1. The summed E-state index contributed by atoms with van der Waals surface area (Å²) in [7, 11) is -9.01.